The lowest BCUT2D eigenvalue weighted by molar-refractivity contribution is 0.142. The van der Waals surface area contributed by atoms with Crippen molar-refractivity contribution >= 4 is 27.3 Å². The van der Waals surface area contributed by atoms with Crippen molar-refractivity contribution in [2.24, 2.45) is 5.92 Å². The number of hydrogen-bond acceptors (Lipinski definition) is 2. The van der Waals surface area contributed by atoms with Gasteiger partial charge in [0.25, 0.3) is 0 Å². The van der Waals surface area contributed by atoms with E-state index in [1.165, 1.54) is 38.5 Å². The fraction of sp³-hybridized carbons (Fsp3) is 0.692. The molecule has 2 rings (SSSR count). The van der Waals surface area contributed by atoms with Gasteiger partial charge in [0.2, 0.25) is 0 Å². The minimum atomic E-state index is -0.251. The fourth-order valence-electron chi connectivity index (χ4n) is 2.54. The number of aliphatic hydroxyl groups is 1. The van der Waals surface area contributed by atoms with Gasteiger partial charge in [-0.2, -0.15) is 0 Å². The fourth-order valence-corrected chi connectivity index (χ4v) is 3.96. The minimum Gasteiger partial charge on any atom is -0.388 e. The van der Waals surface area contributed by atoms with Gasteiger partial charge in [-0.25, -0.2) is 0 Å². The van der Waals surface area contributed by atoms with Crippen molar-refractivity contribution in [2.75, 3.05) is 0 Å². The molecule has 0 saturated heterocycles. The summed E-state index contributed by atoms with van der Waals surface area (Å²) in [6, 6.07) is 4.06. The molecule has 1 aliphatic carbocycles. The minimum absolute atomic E-state index is 0.251. The second-order valence-corrected chi connectivity index (χ2v) is 7.25. The van der Waals surface area contributed by atoms with Gasteiger partial charge < -0.3 is 5.11 Å². The first-order valence-electron chi connectivity index (χ1n) is 6.19. The van der Waals surface area contributed by atoms with E-state index in [4.69, 9.17) is 0 Å². The smallest absolute Gasteiger partial charge is 0.0885 e. The zero-order chi connectivity index (χ0) is 11.4. The average molecular weight is 303 g/mol. The summed E-state index contributed by atoms with van der Waals surface area (Å²) in [5.41, 5.74) is 0. The number of thiophene rings is 1. The van der Waals surface area contributed by atoms with Crippen LogP contribution in [0.15, 0.2) is 15.9 Å². The number of halogens is 1. The van der Waals surface area contributed by atoms with Crippen LogP contribution in [0.4, 0.5) is 0 Å². The van der Waals surface area contributed by atoms with E-state index in [0.717, 1.165) is 21.0 Å². The van der Waals surface area contributed by atoms with Crippen LogP contribution in [0.25, 0.3) is 0 Å². The van der Waals surface area contributed by atoms with Gasteiger partial charge in [0.1, 0.15) is 0 Å². The van der Waals surface area contributed by atoms with Gasteiger partial charge >= 0.3 is 0 Å². The third-order valence-corrected chi connectivity index (χ3v) is 5.18. The number of rotatable bonds is 3. The molecule has 90 valence electrons. The summed E-state index contributed by atoms with van der Waals surface area (Å²) in [5.74, 6) is 0.735. The van der Waals surface area contributed by atoms with E-state index in [9.17, 15) is 5.11 Å². The summed E-state index contributed by atoms with van der Waals surface area (Å²) in [5, 5.41) is 10.2. The van der Waals surface area contributed by atoms with Crippen LogP contribution in [0.1, 0.15) is 55.9 Å². The van der Waals surface area contributed by atoms with Crippen LogP contribution in [0.5, 0.6) is 0 Å². The van der Waals surface area contributed by atoms with Gasteiger partial charge in [-0.3, -0.25) is 0 Å². The molecular weight excluding hydrogens is 284 g/mol. The van der Waals surface area contributed by atoms with E-state index in [0.29, 0.717) is 0 Å². The Morgan fingerprint density at radius 2 is 1.94 bits per heavy atom. The third kappa shape index (κ3) is 3.57. The third-order valence-electron chi connectivity index (χ3n) is 3.45. The molecule has 1 N–H and O–H groups in total. The molecule has 1 heterocycles. The standard InChI is InChI=1S/C13H19BrOS/c14-13-8-7-12(16-13)11(15)9-10-5-3-1-2-4-6-10/h7-8,10-11,15H,1-6,9H2. The topological polar surface area (TPSA) is 20.2 Å². The highest BCUT2D eigenvalue weighted by Crippen LogP contribution is 2.34. The zero-order valence-corrected chi connectivity index (χ0v) is 11.9. The maximum Gasteiger partial charge on any atom is 0.0885 e. The van der Waals surface area contributed by atoms with Crippen molar-refractivity contribution in [2.45, 2.75) is 51.0 Å². The van der Waals surface area contributed by atoms with E-state index < -0.39 is 0 Å². The van der Waals surface area contributed by atoms with Gasteiger partial charge in [-0.05, 0) is 40.4 Å². The van der Waals surface area contributed by atoms with Crippen molar-refractivity contribution in [1.82, 2.24) is 0 Å². The van der Waals surface area contributed by atoms with Crippen LogP contribution in [-0.2, 0) is 0 Å². The van der Waals surface area contributed by atoms with Crippen molar-refractivity contribution < 1.29 is 5.11 Å². The Bertz CT molecular complexity index is 315. The quantitative estimate of drug-likeness (QED) is 0.787. The summed E-state index contributed by atoms with van der Waals surface area (Å²) in [7, 11) is 0. The van der Waals surface area contributed by atoms with Gasteiger partial charge in [-0.1, -0.05) is 38.5 Å². The molecule has 1 fully saturated rings. The van der Waals surface area contributed by atoms with Crippen molar-refractivity contribution in [3.8, 4) is 0 Å². The van der Waals surface area contributed by atoms with E-state index >= 15 is 0 Å². The molecule has 1 atom stereocenters. The second kappa shape index (κ2) is 6.18. The molecule has 0 aromatic carbocycles. The highest BCUT2D eigenvalue weighted by Gasteiger charge is 2.18. The molecule has 0 amide bonds. The molecule has 1 nitrogen and oxygen atoms in total. The van der Waals surface area contributed by atoms with E-state index in [1.807, 2.05) is 12.1 Å². The normalized spacial score (nSPS) is 20.6. The Morgan fingerprint density at radius 3 is 2.50 bits per heavy atom. The maximum absolute atomic E-state index is 10.2. The van der Waals surface area contributed by atoms with Crippen LogP contribution >= 0.6 is 27.3 Å². The summed E-state index contributed by atoms with van der Waals surface area (Å²) < 4.78 is 1.11. The summed E-state index contributed by atoms with van der Waals surface area (Å²) in [6.07, 6.45) is 8.80. The first-order chi connectivity index (χ1) is 7.75. The molecule has 3 heteroatoms. The Kier molecular flexibility index (Phi) is 4.86. The van der Waals surface area contributed by atoms with Crippen molar-refractivity contribution in [3.63, 3.8) is 0 Å². The predicted molar refractivity (Wildman–Crippen MR) is 72.8 cm³/mol. The molecule has 0 bridgehead atoms. The Balaban J connectivity index is 1.88. The summed E-state index contributed by atoms with van der Waals surface area (Å²) in [4.78, 5) is 1.11. The lowest BCUT2D eigenvalue weighted by Crippen LogP contribution is -2.05. The zero-order valence-electron chi connectivity index (χ0n) is 9.49. The molecule has 1 aliphatic rings. The Labute approximate surface area is 110 Å². The first-order valence-corrected chi connectivity index (χ1v) is 7.80. The molecule has 0 aliphatic heterocycles. The average Bonchev–Trinajstić information content (AvgIpc) is 2.54. The van der Waals surface area contributed by atoms with Crippen molar-refractivity contribution in [1.29, 1.82) is 0 Å². The summed E-state index contributed by atoms with van der Waals surface area (Å²) >= 11 is 5.10. The molecule has 1 unspecified atom stereocenters. The van der Waals surface area contributed by atoms with Gasteiger partial charge in [0.15, 0.2) is 0 Å². The Hall–Kier alpha value is 0.140. The highest BCUT2D eigenvalue weighted by molar-refractivity contribution is 9.11. The van der Waals surface area contributed by atoms with E-state index in [1.54, 1.807) is 11.3 Å². The Morgan fingerprint density at radius 1 is 1.25 bits per heavy atom. The molecule has 1 saturated carbocycles. The van der Waals surface area contributed by atoms with Crippen LogP contribution in [0, 0.1) is 5.92 Å². The molecular formula is C13H19BrOS. The summed E-state index contributed by atoms with van der Waals surface area (Å²) in [6.45, 7) is 0. The predicted octanol–water partition coefficient (Wildman–Crippen LogP) is 4.90. The monoisotopic (exact) mass is 302 g/mol. The molecule has 0 spiro atoms. The van der Waals surface area contributed by atoms with Crippen LogP contribution in [0.3, 0.4) is 0 Å². The molecule has 0 radical (unpaired) electrons. The van der Waals surface area contributed by atoms with Gasteiger partial charge in [-0.15, -0.1) is 11.3 Å². The van der Waals surface area contributed by atoms with Crippen LogP contribution in [-0.4, -0.2) is 5.11 Å². The van der Waals surface area contributed by atoms with E-state index in [2.05, 4.69) is 15.9 Å². The number of hydrogen-bond donors (Lipinski definition) is 1. The van der Waals surface area contributed by atoms with E-state index in [-0.39, 0.29) is 6.10 Å². The molecule has 1 aromatic heterocycles. The molecule has 1 aromatic rings. The lowest BCUT2D eigenvalue weighted by atomic mass is 9.93. The van der Waals surface area contributed by atoms with Gasteiger partial charge in [0.05, 0.1) is 9.89 Å². The van der Waals surface area contributed by atoms with Crippen LogP contribution < -0.4 is 0 Å². The maximum atomic E-state index is 10.2. The molecule has 16 heavy (non-hydrogen) atoms. The largest absolute Gasteiger partial charge is 0.388 e. The first kappa shape index (κ1) is 12.6. The lowest BCUT2D eigenvalue weighted by Gasteiger charge is -2.17. The second-order valence-electron chi connectivity index (χ2n) is 4.75. The number of aliphatic hydroxyl groups excluding tert-OH is 1. The van der Waals surface area contributed by atoms with Crippen molar-refractivity contribution in [3.05, 3.63) is 20.8 Å². The van der Waals surface area contributed by atoms with Crippen LogP contribution in [0.2, 0.25) is 0 Å². The van der Waals surface area contributed by atoms with Gasteiger partial charge in [0, 0.05) is 4.88 Å². The highest BCUT2D eigenvalue weighted by atomic mass is 79.9. The SMILES string of the molecule is OC(CC1CCCCCC1)c1ccc(Br)s1.